The number of hydrogen-bond donors (Lipinski definition) is 4. The first kappa shape index (κ1) is 55.3. The number of unbranched alkanes of at least 4 members (excludes halogenated alkanes) is 2. The van der Waals surface area contributed by atoms with Gasteiger partial charge in [0, 0.05) is 45.8 Å². The number of ether oxygens (including phenoxy) is 1. The Bertz CT molecular complexity index is 1850. The van der Waals surface area contributed by atoms with Gasteiger partial charge in [-0.2, -0.15) is 5.10 Å². The maximum atomic E-state index is 14.3. The van der Waals surface area contributed by atoms with E-state index in [-0.39, 0.29) is 72.6 Å². The second kappa shape index (κ2) is 26.4. The molecule has 9 atom stereocenters. The third-order valence-corrected chi connectivity index (χ3v) is 13.0. The first-order chi connectivity index (χ1) is 31.2. The summed E-state index contributed by atoms with van der Waals surface area (Å²) in [6.07, 6.45) is 4.19. The van der Waals surface area contributed by atoms with Crippen molar-refractivity contribution < 1.29 is 43.4 Å². The number of methoxy groups -OCH3 is 1. The van der Waals surface area contributed by atoms with Crippen molar-refractivity contribution >= 4 is 47.1 Å². The van der Waals surface area contributed by atoms with Gasteiger partial charge in [0.1, 0.15) is 6.04 Å². The monoisotopic (exact) mass is 923 g/mol. The molecule has 3 rings (SSSR count). The average Bonchev–Trinajstić information content (AvgIpc) is 3.90. The molecule has 0 aliphatic carbocycles. The summed E-state index contributed by atoms with van der Waals surface area (Å²) in [7, 11) is 6.89. The Morgan fingerprint density at radius 1 is 0.879 bits per heavy atom. The zero-order valence-electron chi connectivity index (χ0n) is 41.4. The minimum absolute atomic E-state index is 0.0160. The molecular formula is C49H78N8O9. The highest BCUT2D eigenvalue weighted by Gasteiger charge is 2.43. The maximum Gasteiger partial charge on any atom is 0.253 e. The number of likely N-dealkylation sites (N-methyl/N-ethyl adjacent to an activating group) is 2. The van der Waals surface area contributed by atoms with Gasteiger partial charge in [-0.15, -0.1) is 0 Å². The van der Waals surface area contributed by atoms with Gasteiger partial charge in [-0.05, 0) is 70.0 Å². The standard InChI is InChI=1S/C49H78N8O9/c1-13-32(6)45(55(11)49(65)42(30(2)3)51-48(64)44(31(4)5)54(9)10)37(66-12)29-41(61)56-28-20-23-36(56)46(62)33(7)47(63)50-34(8)43(35-21-16-14-17-22-35)53-52-38(58)24-18-15-19-27-57-39(59)25-26-40(57)60/h14,16-17,21-22,25-26,30-34,36-37,42,44-46,62H,13,15,18-20,23-24,27-29H2,1-12H3,(H,50,63)(H,51,64)(H,52,58)/b53-43-/t32-,33+,34+,36-,37+,42-,44-,45-,46+/m0/s1. The molecular weight excluding hydrogens is 845 g/mol. The minimum Gasteiger partial charge on any atom is -0.390 e. The van der Waals surface area contributed by atoms with Crippen LogP contribution < -0.4 is 16.1 Å². The number of nitrogens with one attached hydrogen (secondary N) is 3. The van der Waals surface area contributed by atoms with E-state index in [9.17, 15) is 38.7 Å². The molecule has 0 unspecified atom stereocenters. The van der Waals surface area contributed by atoms with E-state index in [1.54, 1.807) is 30.7 Å². The molecule has 7 amide bonds. The summed E-state index contributed by atoms with van der Waals surface area (Å²) >= 11 is 0. The molecule has 0 aromatic heterocycles. The molecule has 1 aromatic carbocycles. The van der Waals surface area contributed by atoms with Gasteiger partial charge >= 0.3 is 0 Å². The Morgan fingerprint density at radius 2 is 1.52 bits per heavy atom. The number of nitrogens with zero attached hydrogens (tertiary/aromatic N) is 5. The highest BCUT2D eigenvalue weighted by atomic mass is 16.5. The van der Waals surface area contributed by atoms with Crippen LogP contribution in [-0.4, -0.2) is 156 Å². The van der Waals surface area contributed by atoms with Crippen molar-refractivity contribution in [3.63, 3.8) is 0 Å². The van der Waals surface area contributed by atoms with Gasteiger partial charge in [0.25, 0.3) is 11.8 Å². The van der Waals surface area contributed by atoms with Crippen molar-refractivity contribution in [1.29, 1.82) is 0 Å². The number of likely N-dealkylation sites (tertiary alicyclic amines) is 1. The highest BCUT2D eigenvalue weighted by Crippen LogP contribution is 2.29. The van der Waals surface area contributed by atoms with E-state index in [1.807, 2.05) is 90.9 Å². The van der Waals surface area contributed by atoms with E-state index in [0.717, 1.165) is 0 Å². The maximum absolute atomic E-state index is 14.3. The first-order valence-electron chi connectivity index (χ1n) is 23.7. The smallest absolute Gasteiger partial charge is 0.253 e. The summed E-state index contributed by atoms with van der Waals surface area (Å²) in [5.74, 6) is -3.44. The van der Waals surface area contributed by atoms with Crippen LogP contribution >= 0.6 is 0 Å². The van der Waals surface area contributed by atoms with E-state index in [1.165, 1.54) is 24.2 Å². The molecule has 1 aromatic rings. The lowest BCUT2D eigenvalue weighted by Gasteiger charge is -2.41. The number of aliphatic hydroxyl groups excluding tert-OH is 1. The molecule has 0 radical (unpaired) electrons. The number of aliphatic hydroxyl groups is 1. The minimum atomic E-state index is -1.21. The number of hydrogen-bond acceptors (Lipinski definition) is 11. The molecule has 1 fully saturated rings. The molecule has 0 spiro atoms. The highest BCUT2D eigenvalue weighted by molar-refractivity contribution is 6.12. The Labute approximate surface area is 392 Å². The van der Waals surface area contributed by atoms with Crippen molar-refractivity contribution in [1.82, 2.24) is 35.7 Å². The van der Waals surface area contributed by atoms with E-state index < -0.39 is 54.2 Å². The second-order valence-corrected chi connectivity index (χ2v) is 18.9. The molecule has 17 nitrogen and oxygen atoms in total. The molecule has 0 bridgehead atoms. The lowest BCUT2D eigenvalue weighted by atomic mass is 9.89. The first-order valence-corrected chi connectivity index (χ1v) is 23.7. The quantitative estimate of drug-likeness (QED) is 0.0460. The largest absolute Gasteiger partial charge is 0.390 e. The molecule has 2 aliphatic heterocycles. The molecule has 66 heavy (non-hydrogen) atoms. The predicted octanol–water partition coefficient (Wildman–Crippen LogP) is 3.49. The van der Waals surface area contributed by atoms with Crippen LogP contribution in [0.2, 0.25) is 0 Å². The third-order valence-electron chi connectivity index (χ3n) is 13.0. The number of carbonyl (C=O) groups is 7. The van der Waals surface area contributed by atoms with Crippen LogP contribution in [0.3, 0.4) is 0 Å². The predicted molar refractivity (Wildman–Crippen MR) is 253 cm³/mol. The van der Waals surface area contributed by atoms with Crippen LogP contribution in [0.25, 0.3) is 0 Å². The van der Waals surface area contributed by atoms with Crippen molar-refractivity contribution in [2.75, 3.05) is 41.3 Å². The number of amides is 7. The Hall–Kier alpha value is -5.00. The van der Waals surface area contributed by atoms with Gasteiger partial charge in [-0.3, -0.25) is 43.4 Å². The van der Waals surface area contributed by atoms with Crippen molar-refractivity contribution in [2.45, 2.75) is 149 Å². The van der Waals surface area contributed by atoms with E-state index in [2.05, 4.69) is 21.2 Å². The molecule has 2 aliphatic rings. The average molecular weight is 923 g/mol. The van der Waals surface area contributed by atoms with Gasteiger partial charge in [-0.25, -0.2) is 5.43 Å². The lowest BCUT2D eigenvalue weighted by molar-refractivity contribution is -0.147. The van der Waals surface area contributed by atoms with Crippen LogP contribution in [0.15, 0.2) is 47.6 Å². The number of imide groups is 1. The number of rotatable bonds is 26. The van der Waals surface area contributed by atoms with Crippen LogP contribution in [0.4, 0.5) is 0 Å². The van der Waals surface area contributed by atoms with Gasteiger partial charge in [0.2, 0.25) is 29.5 Å². The summed E-state index contributed by atoms with van der Waals surface area (Å²) < 4.78 is 6.01. The van der Waals surface area contributed by atoms with Gasteiger partial charge in [0.15, 0.2) is 0 Å². The van der Waals surface area contributed by atoms with Crippen molar-refractivity contribution in [3.05, 3.63) is 48.0 Å². The molecule has 368 valence electrons. The zero-order chi connectivity index (χ0) is 49.4. The molecule has 0 saturated carbocycles. The van der Waals surface area contributed by atoms with Gasteiger partial charge in [-0.1, -0.05) is 91.6 Å². The fourth-order valence-corrected chi connectivity index (χ4v) is 9.07. The van der Waals surface area contributed by atoms with E-state index in [4.69, 9.17) is 4.74 Å². The Balaban J connectivity index is 1.69. The van der Waals surface area contributed by atoms with E-state index >= 15 is 0 Å². The lowest BCUT2D eigenvalue weighted by Crippen LogP contribution is -2.59. The molecule has 1 saturated heterocycles. The summed E-state index contributed by atoms with van der Waals surface area (Å²) in [5, 5.41) is 22.1. The van der Waals surface area contributed by atoms with Crippen LogP contribution in [0.1, 0.15) is 112 Å². The van der Waals surface area contributed by atoms with Crippen molar-refractivity contribution in [2.24, 2.45) is 28.8 Å². The number of benzene rings is 1. The summed E-state index contributed by atoms with van der Waals surface area (Å²) in [4.78, 5) is 98.5. The topological polar surface area (TPSA) is 210 Å². The fourth-order valence-electron chi connectivity index (χ4n) is 9.07. The van der Waals surface area contributed by atoms with Gasteiger partial charge in [0.05, 0.1) is 54.4 Å². The van der Waals surface area contributed by atoms with Crippen LogP contribution in [0.5, 0.6) is 0 Å². The Kier molecular flexibility index (Phi) is 22.1. The summed E-state index contributed by atoms with van der Waals surface area (Å²) in [6.45, 7) is 15.7. The molecule has 2 heterocycles. The fraction of sp³-hybridized carbons (Fsp3) is 0.673. The molecule has 17 heteroatoms. The van der Waals surface area contributed by atoms with Crippen LogP contribution in [0, 0.1) is 23.7 Å². The van der Waals surface area contributed by atoms with Gasteiger partial charge < -0.3 is 30.3 Å². The Morgan fingerprint density at radius 3 is 2.08 bits per heavy atom. The molecule has 4 N–H and O–H groups in total. The normalized spacial score (nSPS) is 19.1. The SMILES string of the molecule is CC[C@H](C)[C@@H]([C@@H](CC(=O)N1CCC[C@H]1[C@H](O)[C@@H](C)C(=O)N[C@H](C)/C(=N/NC(=O)CCCCCN1C(=O)C=CC1=O)c1ccccc1)OC)N(C)C(=O)[C@@H](NC(=O)[C@H](C(C)C)N(C)C)C(C)C. The summed E-state index contributed by atoms with van der Waals surface area (Å²) in [6, 6.07) is 6.01. The third kappa shape index (κ3) is 15.0. The summed E-state index contributed by atoms with van der Waals surface area (Å²) in [5.41, 5.74) is 3.67. The van der Waals surface area contributed by atoms with E-state index in [0.29, 0.717) is 56.3 Å². The second-order valence-electron chi connectivity index (χ2n) is 18.9. The number of hydrazone groups is 1. The zero-order valence-corrected chi connectivity index (χ0v) is 41.4. The number of carbonyl (C=O) groups excluding carboxylic acids is 7. The van der Waals surface area contributed by atoms with Crippen molar-refractivity contribution in [3.8, 4) is 0 Å². The van der Waals surface area contributed by atoms with Crippen LogP contribution in [-0.2, 0) is 38.3 Å².